The van der Waals surface area contributed by atoms with Crippen LogP contribution in [0.25, 0.3) is 0 Å². The van der Waals surface area contributed by atoms with E-state index in [1.807, 2.05) is 0 Å². The first-order valence-electron chi connectivity index (χ1n) is 8.37. The third-order valence-corrected chi connectivity index (χ3v) is 5.88. The molecule has 6 nitrogen and oxygen atoms in total. The van der Waals surface area contributed by atoms with Crippen LogP contribution in [0.1, 0.15) is 46.5 Å². The molecule has 2 atom stereocenters. The number of amides is 1. The summed E-state index contributed by atoms with van der Waals surface area (Å²) in [4.78, 5) is 11.7. The molecular formula is C17H27ClFN3O3S. The largest absolute Gasteiger partial charge is 0.327 e. The van der Waals surface area contributed by atoms with Crippen LogP contribution in [0.5, 0.6) is 0 Å². The molecule has 0 radical (unpaired) electrons. The van der Waals surface area contributed by atoms with Crippen LogP contribution in [-0.2, 0) is 14.8 Å². The lowest BCUT2D eigenvalue weighted by Crippen LogP contribution is -2.40. The summed E-state index contributed by atoms with van der Waals surface area (Å²) in [6.07, 6.45) is 3.11. The molecule has 1 amide bonds. The third kappa shape index (κ3) is 6.19. The van der Waals surface area contributed by atoms with Crippen molar-refractivity contribution in [2.75, 3.05) is 5.32 Å². The fourth-order valence-electron chi connectivity index (χ4n) is 3.01. The van der Waals surface area contributed by atoms with Gasteiger partial charge < -0.3 is 11.1 Å². The normalized spacial score (nSPS) is 20.5. The zero-order valence-corrected chi connectivity index (χ0v) is 16.8. The van der Waals surface area contributed by atoms with Crippen LogP contribution >= 0.6 is 12.4 Å². The number of halogens is 2. The van der Waals surface area contributed by atoms with Crippen molar-refractivity contribution in [1.29, 1.82) is 0 Å². The molecule has 0 bridgehead atoms. The van der Waals surface area contributed by atoms with Crippen molar-refractivity contribution in [3.63, 3.8) is 0 Å². The van der Waals surface area contributed by atoms with Crippen LogP contribution < -0.4 is 15.8 Å². The molecule has 0 unspecified atom stereocenters. The van der Waals surface area contributed by atoms with Crippen LogP contribution in [0, 0.1) is 11.7 Å². The van der Waals surface area contributed by atoms with Crippen molar-refractivity contribution in [2.45, 2.75) is 62.9 Å². The molecule has 9 heteroatoms. The Bertz CT molecular complexity index is 750. The van der Waals surface area contributed by atoms with Gasteiger partial charge in [0.25, 0.3) is 0 Å². The van der Waals surface area contributed by atoms with E-state index in [0.717, 1.165) is 31.4 Å². The van der Waals surface area contributed by atoms with E-state index in [9.17, 15) is 17.6 Å². The first-order chi connectivity index (χ1) is 11.5. The number of nitrogens with one attached hydrogen (secondary N) is 2. The van der Waals surface area contributed by atoms with E-state index in [4.69, 9.17) is 5.73 Å². The maximum atomic E-state index is 14.0. The van der Waals surface area contributed by atoms with Crippen LogP contribution in [0.4, 0.5) is 10.1 Å². The maximum absolute atomic E-state index is 14.0. The summed E-state index contributed by atoms with van der Waals surface area (Å²) in [5.74, 6) is -0.986. The van der Waals surface area contributed by atoms with Crippen molar-refractivity contribution in [3.8, 4) is 0 Å². The van der Waals surface area contributed by atoms with E-state index in [1.165, 1.54) is 6.07 Å². The summed E-state index contributed by atoms with van der Waals surface area (Å²) in [6, 6.07) is 3.54. The monoisotopic (exact) mass is 407 g/mol. The standard InChI is InChI=1S/C17H26FN3O3S.ClH/c1-17(2,3)21-25(23,24)15-10-12(7-8-13(15)18)20-16(22)9-11-5-4-6-14(11)19;/h7-8,10-11,14,21H,4-6,9,19H2,1-3H3,(H,20,22);1H/t11-,14+;/m0./s1. The number of carbonyl (C=O) groups is 1. The molecule has 0 aliphatic heterocycles. The Morgan fingerprint density at radius 3 is 2.50 bits per heavy atom. The molecule has 0 aromatic heterocycles. The van der Waals surface area contributed by atoms with E-state index < -0.39 is 26.3 Å². The van der Waals surface area contributed by atoms with Crippen LogP contribution in [0.2, 0.25) is 0 Å². The van der Waals surface area contributed by atoms with Gasteiger partial charge in [-0.25, -0.2) is 17.5 Å². The SMILES string of the molecule is CC(C)(C)NS(=O)(=O)c1cc(NC(=O)C[C@@H]2CCC[C@H]2N)ccc1F.Cl. The lowest BCUT2D eigenvalue weighted by atomic mass is 10.00. The number of rotatable bonds is 5. The van der Waals surface area contributed by atoms with Crippen molar-refractivity contribution in [1.82, 2.24) is 4.72 Å². The number of anilines is 1. The van der Waals surface area contributed by atoms with Gasteiger partial charge in [-0.05, 0) is 57.7 Å². The summed E-state index contributed by atoms with van der Waals surface area (Å²) in [7, 11) is -4.03. The van der Waals surface area contributed by atoms with Gasteiger partial charge in [-0.2, -0.15) is 0 Å². The molecule has 0 heterocycles. The molecule has 1 fully saturated rings. The van der Waals surface area contributed by atoms with Gasteiger partial charge in [0, 0.05) is 23.7 Å². The Morgan fingerprint density at radius 2 is 1.96 bits per heavy atom. The quantitative estimate of drug-likeness (QED) is 0.698. The first kappa shape index (κ1) is 22.8. The molecule has 1 aliphatic carbocycles. The molecular weight excluding hydrogens is 381 g/mol. The van der Waals surface area contributed by atoms with E-state index in [1.54, 1.807) is 20.8 Å². The molecule has 1 aromatic carbocycles. The zero-order chi connectivity index (χ0) is 18.8. The van der Waals surface area contributed by atoms with E-state index in [2.05, 4.69) is 10.0 Å². The minimum absolute atomic E-state index is 0. The molecule has 0 saturated heterocycles. The number of benzene rings is 1. The van der Waals surface area contributed by atoms with Crippen molar-refractivity contribution in [2.24, 2.45) is 11.7 Å². The third-order valence-electron chi connectivity index (χ3n) is 4.11. The van der Waals surface area contributed by atoms with Gasteiger partial charge in [0.15, 0.2) is 0 Å². The lowest BCUT2D eigenvalue weighted by molar-refractivity contribution is -0.117. The smallest absolute Gasteiger partial charge is 0.244 e. The molecule has 0 spiro atoms. The van der Waals surface area contributed by atoms with Gasteiger partial charge in [-0.1, -0.05) is 6.42 Å². The highest BCUT2D eigenvalue weighted by molar-refractivity contribution is 7.89. The summed E-state index contributed by atoms with van der Waals surface area (Å²) in [5.41, 5.74) is 5.46. The Balaban J connectivity index is 0.00000338. The Morgan fingerprint density at radius 1 is 1.31 bits per heavy atom. The average molecular weight is 408 g/mol. The predicted molar refractivity (Wildman–Crippen MR) is 102 cm³/mol. The number of hydrogen-bond acceptors (Lipinski definition) is 4. The Kier molecular flexibility index (Phi) is 7.59. The number of sulfonamides is 1. The minimum atomic E-state index is -4.03. The number of hydrogen-bond donors (Lipinski definition) is 3. The molecule has 1 aromatic rings. The van der Waals surface area contributed by atoms with E-state index in [-0.39, 0.29) is 42.4 Å². The Hall–Kier alpha value is -1.22. The second-order valence-electron chi connectivity index (χ2n) is 7.61. The van der Waals surface area contributed by atoms with Gasteiger partial charge in [-0.15, -0.1) is 12.4 Å². The second-order valence-corrected chi connectivity index (χ2v) is 9.26. The second kappa shape index (κ2) is 8.65. The lowest BCUT2D eigenvalue weighted by Gasteiger charge is -2.21. The molecule has 1 saturated carbocycles. The molecule has 26 heavy (non-hydrogen) atoms. The number of nitrogens with two attached hydrogens (primary N) is 1. The molecule has 148 valence electrons. The molecule has 1 aliphatic rings. The topological polar surface area (TPSA) is 101 Å². The van der Waals surface area contributed by atoms with Gasteiger partial charge in [0.1, 0.15) is 10.7 Å². The van der Waals surface area contributed by atoms with Crippen LogP contribution in [-0.4, -0.2) is 25.9 Å². The number of carbonyl (C=O) groups excluding carboxylic acids is 1. The summed E-state index contributed by atoms with van der Waals surface area (Å²) in [5, 5.41) is 2.64. The highest BCUT2D eigenvalue weighted by Crippen LogP contribution is 2.27. The van der Waals surface area contributed by atoms with E-state index >= 15 is 0 Å². The highest BCUT2D eigenvalue weighted by Gasteiger charge is 2.27. The minimum Gasteiger partial charge on any atom is -0.327 e. The maximum Gasteiger partial charge on any atom is 0.244 e. The van der Waals surface area contributed by atoms with Crippen molar-refractivity contribution >= 4 is 34.0 Å². The van der Waals surface area contributed by atoms with Crippen LogP contribution in [0.3, 0.4) is 0 Å². The van der Waals surface area contributed by atoms with Gasteiger partial charge in [0.2, 0.25) is 15.9 Å². The first-order valence-corrected chi connectivity index (χ1v) is 9.85. The summed E-state index contributed by atoms with van der Waals surface area (Å²) in [6.45, 7) is 5.00. The van der Waals surface area contributed by atoms with Gasteiger partial charge in [0.05, 0.1) is 0 Å². The van der Waals surface area contributed by atoms with Crippen molar-refractivity contribution in [3.05, 3.63) is 24.0 Å². The zero-order valence-electron chi connectivity index (χ0n) is 15.2. The van der Waals surface area contributed by atoms with Gasteiger partial charge in [-0.3, -0.25) is 4.79 Å². The fraction of sp³-hybridized carbons (Fsp3) is 0.588. The van der Waals surface area contributed by atoms with Crippen molar-refractivity contribution < 1.29 is 17.6 Å². The summed E-state index contributed by atoms with van der Waals surface area (Å²) >= 11 is 0. The molecule has 4 N–H and O–H groups in total. The van der Waals surface area contributed by atoms with E-state index in [0.29, 0.717) is 0 Å². The highest BCUT2D eigenvalue weighted by atomic mass is 35.5. The fourth-order valence-corrected chi connectivity index (χ4v) is 4.54. The van der Waals surface area contributed by atoms with Gasteiger partial charge >= 0.3 is 0 Å². The molecule has 2 rings (SSSR count). The predicted octanol–water partition coefficient (Wildman–Crippen LogP) is 2.78. The Labute approximate surface area is 160 Å². The summed E-state index contributed by atoms with van der Waals surface area (Å²) < 4.78 is 41.1. The average Bonchev–Trinajstić information content (AvgIpc) is 2.83. The van der Waals surface area contributed by atoms with Crippen LogP contribution in [0.15, 0.2) is 23.1 Å².